The highest BCUT2D eigenvalue weighted by atomic mass is 16.4. The summed E-state index contributed by atoms with van der Waals surface area (Å²) in [6.07, 6.45) is 5.13. The number of carboxylic acid groups (broad SMARTS) is 1. The van der Waals surface area contributed by atoms with Crippen LogP contribution in [0.5, 0.6) is 0 Å². The second-order valence-electron chi connectivity index (χ2n) is 3.74. The lowest BCUT2D eigenvalue weighted by atomic mass is 9.81. The van der Waals surface area contributed by atoms with Gasteiger partial charge in [-0.1, -0.05) is 19.8 Å². The molecule has 0 aromatic heterocycles. The molecule has 0 saturated heterocycles. The standard InChI is InChI=1S/C9H16O2/c1-7-3-2-4-8(5-7)6-9(10)11/h7-8H,2-6H2,1H3,(H,10,11)/t7-,8+/m0/s1. The zero-order chi connectivity index (χ0) is 8.27. The molecule has 0 heterocycles. The quantitative estimate of drug-likeness (QED) is 0.666. The third kappa shape index (κ3) is 2.91. The van der Waals surface area contributed by atoms with Crippen molar-refractivity contribution in [3.63, 3.8) is 0 Å². The minimum atomic E-state index is -0.635. The smallest absolute Gasteiger partial charge is 0.303 e. The van der Waals surface area contributed by atoms with E-state index in [1.807, 2.05) is 0 Å². The fraction of sp³-hybridized carbons (Fsp3) is 0.889. The molecule has 2 heteroatoms. The van der Waals surface area contributed by atoms with Crippen LogP contribution in [-0.4, -0.2) is 11.1 Å². The van der Waals surface area contributed by atoms with Gasteiger partial charge in [0, 0.05) is 6.42 Å². The molecule has 64 valence electrons. The van der Waals surface area contributed by atoms with Gasteiger partial charge in [0.05, 0.1) is 0 Å². The Hall–Kier alpha value is -0.530. The number of carbonyl (C=O) groups is 1. The topological polar surface area (TPSA) is 37.3 Å². The normalized spacial score (nSPS) is 31.7. The molecule has 0 bridgehead atoms. The molecule has 0 radical (unpaired) electrons. The van der Waals surface area contributed by atoms with Gasteiger partial charge in [0.1, 0.15) is 0 Å². The van der Waals surface area contributed by atoms with Crippen molar-refractivity contribution in [2.75, 3.05) is 0 Å². The highest BCUT2D eigenvalue weighted by Crippen LogP contribution is 2.30. The Balaban J connectivity index is 2.28. The zero-order valence-corrected chi connectivity index (χ0v) is 7.05. The minimum absolute atomic E-state index is 0.379. The van der Waals surface area contributed by atoms with Crippen LogP contribution in [0.1, 0.15) is 39.0 Å². The van der Waals surface area contributed by atoms with E-state index in [0.717, 1.165) is 18.8 Å². The van der Waals surface area contributed by atoms with E-state index >= 15 is 0 Å². The summed E-state index contributed by atoms with van der Waals surface area (Å²) in [5, 5.41) is 8.55. The first-order valence-corrected chi connectivity index (χ1v) is 4.40. The molecule has 2 atom stereocenters. The van der Waals surface area contributed by atoms with Gasteiger partial charge in [-0.05, 0) is 24.7 Å². The largest absolute Gasteiger partial charge is 0.481 e. The molecule has 0 aromatic carbocycles. The lowest BCUT2D eigenvalue weighted by Crippen LogP contribution is -2.16. The summed E-state index contributed by atoms with van der Waals surface area (Å²) in [4.78, 5) is 10.4. The average Bonchev–Trinajstić information content (AvgIpc) is 1.85. The second-order valence-corrected chi connectivity index (χ2v) is 3.74. The zero-order valence-electron chi connectivity index (χ0n) is 7.05. The van der Waals surface area contributed by atoms with Crippen LogP contribution < -0.4 is 0 Å². The van der Waals surface area contributed by atoms with Crippen LogP contribution in [-0.2, 0) is 4.79 Å². The van der Waals surface area contributed by atoms with Gasteiger partial charge in [-0.25, -0.2) is 0 Å². The highest BCUT2D eigenvalue weighted by molar-refractivity contribution is 5.67. The van der Waals surface area contributed by atoms with Crippen LogP contribution in [0.25, 0.3) is 0 Å². The summed E-state index contributed by atoms with van der Waals surface area (Å²) in [5.41, 5.74) is 0. The van der Waals surface area contributed by atoms with E-state index in [-0.39, 0.29) is 0 Å². The summed E-state index contributed by atoms with van der Waals surface area (Å²) < 4.78 is 0. The van der Waals surface area contributed by atoms with Gasteiger partial charge in [-0.2, -0.15) is 0 Å². The molecule has 1 saturated carbocycles. The van der Waals surface area contributed by atoms with Crippen molar-refractivity contribution in [3.8, 4) is 0 Å². The molecular weight excluding hydrogens is 140 g/mol. The summed E-state index contributed by atoms with van der Waals surface area (Å²) >= 11 is 0. The maximum Gasteiger partial charge on any atom is 0.303 e. The Labute approximate surface area is 67.6 Å². The number of hydrogen-bond donors (Lipinski definition) is 1. The molecule has 1 N–H and O–H groups in total. The van der Waals surface area contributed by atoms with Gasteiger partial charge in [-0.3, -0.25) is 4.79 Å². The predicted octanol–water partition coefficient (Wildman–Crippen LogP) is 2.29. The number of rotatable bonds is 2. The lowest BCUT2D eigenvalue weighted by Gasteiger charge is -2.25. The summed E-state index contributed by atoms with van der Waals surface area (Å²) in [6, 6.07) is 0. The van der Waals surface area contributed by atoms with Crippen LogP contribution in [0.2, 0.25) is 0 Å². The molecule has 1 fully saturated rings. The third-order valence-electron chi connectivity index (χ3n) is 2.51. The van der Waals surface area contributed by atoms with E-state index in [0.29, 0.717) is 12.3 Å². The van der Waals surface area contributed by atoms with Gasteiger partial charge in [0.25, 0.3) is 0 Å². The predicted molar refractivity (Wildman–Crippen MR) is 43.4 cm³/mol. The number of aliphatic carboxylic acids is 1. The van der Waals surface area contributed by atoms with Crippen molar-refractivity contribution >= 4 is 5.97 Å². The van der Waals surface area contributed by atoms with E-state index in [2.05, 4.69) is 6.92 Å². The van der Waals surface area contributed by atoms with Crippen molar-refractivity contribution in [1.82, 2.24) is 0 Å². The SMILES string of the molecule is C[C@H]1CCC[C@@H](CC(=O)O)C1. The van der Waals surface area contributed by atoms with Crippen molar-refractivity contribution in [1.29, 1.82) is 0 Å². The van der Waals surface area contributed by atoms with E-state index in [1.165, 1.54) is 12.8 Å². The van der Waals surface area contributed by atoms with Crippen LogP contribution >= 0.6 is 0 Å². The second kappa shape index (κ2) is 3.74. The van der Waals surface area contributed by atoms with E-state index in [4.69, 9.17) is 5.11 Å². The molecule has 1 aliphatic rings. The van der Waals surface area contributed by atoms with Crippen molar-refractivity contribution in [2.45, 2.75) is 39.0 Å². The Bertz CT molecular complexity index is 142. The Kier molecular flexibility index (Phi) is 2.92. The molecule has 0 unspecified atom stereocenters. The molecule has 1 aliphatic carbocycles. The summed E-state index contributed by atoms with van der Waals surface area (Å²) in [7, 11) is 0. The van der Waals surface area contributed by atoms with Crippen LogP contribution in [0.3, 0.4) is 0 Å². The maximum absolute atomic E-state index is 10.4. The van der Waals surface area contributed by atoms with Crippen LogP contribution in [0.4, 0.5) is 0 Å². The molecule has 0 aliphatic heterocycles. The Morgan fingerprint density at radius 1 is 1.55 bits per heavy atom. The lowest BCUT2D eigenvalue weighted by molar-refractivity contribution is -0.138. The van der Waals surface area contributed by atoms with E-state index in [1.54, 1.807) is 0 Å². The van der Waals surface area contributed by atoms with E-state index in [9.17, 15) is 4.79 Å². The monoisotopic (exact) mass is 156 g/mol. The molecule has 0 spiro atoms. The first-order chi connectivity index (χ1) is 5.18. The molecule has 0 amide bonds. The molecular formula is C9H16O2. The first kappa shape index (κ1) is 8.57. The van der Waals surface area contributed by atoms with Gasteiger partial charge in [0.15, 0.2) is 0 Å². The van der Waals surface area contributed by atoms with Gasteiger partial charge >= 0.3 is 5.97 Å². The number of hydrogen-bond acceptors (Lipinski definition) is 1. The molecule has 11 heavy (non-hydrogen) atoms. The van der Waals surface area contributed by atoms with E-state index < -0.39 is 5.97 Å². The van der Waals surface area contributed by atoms with Gasteiger partial charge < -0.3 is 5.11 Å². The third-order valence-corrected chi connectivity index (χ3v) is 2.51. The Morgan fingerprint density at radius 3 is 2.82 bits per heavy atom. The number of carboxylic acids is 1. The minimum Gasteiger partial charge on any atom is -0.481 e. The van der Waals surface area contributed by atoms with Crippen molar-refractivity contribution in [3.05, 3.63) is 0 Å². The van der Waals surface area contributed by atoms with Gasteiger partial charge in [-0.15, -0.1) is 0 Å². The van der Waals surface area contributed by atoms with Crippen LogP contribution in [0, 0.1) is 11.8 Å². The average molecular weight is 156 g/mol. The summed E-state index contributed by atoms with van der Waals surface area (Å²) in [6.45, 7) is 2.22. The fourth-order valence-electron chi connectivity index (χ4n) is 1.99. The highest BCUT2D eigenvalue weighted by Gasteiger charge is 2.20. The van der Waals surface area contributed by atoms with Crippen LogP contribution in [0.15, 0.2) is 0 Å². The molecule has 0 aromatic rings. The fourth-order valence-corrected chi connectivity index (χ4v) is 1.99. The summed E-state index contributed by atoms with van der Waals surface area (Å²) in [5.74, 6) is 0.563. The maximum atomic E-state index is 10.4. The van der Waals surface area contributed by atoms with Crippen molar-refractivity contribution in [2.24, 2.45) is 11.8 Å². The van der Waals surface area contributed by atoms with Crippen molar-refractivity contribution < 1.29 is 9.90 Å². The Morgan fingerprint density at radius 2 is 2.27 bits per heavy atom. The molecule has 1 rings (SSSR count). The van der Waals surface area contributed by atoms with Gasteiger partial charge in [0.2, 0.25) is 0 Å². The first-order valence-electron chi connectivity index (χ1n) is 4.40. The molecule has 2 nitrogen and oxygen atoms in total.